The van der Waals surface area contributed by atoms with Crippen molar-refractivity contribution in [1.82, 2.24) is 0 Å². The molecule has 362 valence electrons. The van der Waals surface area contributed by atoms with E-state index in [0.717, 1.165) is 44.9 Å². The Kier molecular flexibility index (Phi) is 42.7. The van der Waals surface area contributed by atoms with Gasteiger partial charge in [0.15, 0.2) is 6.10 Å². The minimum absolute atomic E-state index is 0.0215. The molecule has 0 fully saturated rings. The Labute approximate surface area is 382 Å². The molecule has 1 unspecified atom stereocenters. The monoisotopic (exact) mass is 895 g/mol. The highest BCUT2D eigenvalue weighted by Gasteiger charge is 2.27. The lowest BCUT2D eigenvalue weighted by atomic mass is 10.0. The number of carbonyl (C=O) groups excluding carboxylic acids is 2. The predicted molar refractivity (Wildman–Crippen MR) is 261 cm³/mol. The lowest BCUT2D eigenvalue weighted by Crippen LogP contribution is -2.37. The number of unbranched alkanes of at least 4 members (excludes halogenated alkanes) is 24. The zero-order valence-corrected chi connectivity index (χ0v) is 41.7. The van der Waals surface area contributed by atoms with Crippen molar-refractivity contribution < 1.29 is 42.1 Å². The standard InChI is InChI=1S/C52H96NO8P/c1-6-8-10-12-14-16-18-20-22-24-25-26-27-29-30-32-34-36-38-40-42-44-51(54)58-48-50(49-60-62(56,57)59-47-46-53(3,4)5)61-52(55)45-43-41-39-37-35-33-31-28-23-21-19-17-15-13-11-9-7-2/h15,17,21,23,31,33,37,39,50H,6-14,16,18-20,22,24-30,32,34-36,38,40-49H2,1-5H3/p+1/b17-15-,23-21-,33-31-,39-37-/t50-/m1/s1. The second-order valence-electron chi connectivity index (χ2n) is 18.2. The normalized spacial score (nSPS) is 13.8. The number of likely N-dealkylation sites (N-methyl/N-ethyl adjacent to an activating group) is 1. The molecule has 0 heterocycles. The molecular formula is C52H97NO8P+. The zero-order chi connectivity index (χ0) is 45.7. The number of esters is 2. The van der Waals surface area contributed by atoms with E-state index in [4.69, 9.17) is 18.5 Å². The van der Waals surface area contributed by atoms with Crippen molar-refractivity contribution in [3.05, 3.63) is 48.6 Å². The Morgan fingerprint density at radius 1 is 0.500 bits per heavy atom. The van der Waals surface area contributed by atoms with Crippen LogP contribution >= 0.6 is 7.82 Å². The van der Waals surface area contributed by atoms with E-state index in [-0.39, 0.29) is 32.0 Å². The molecule has 0 aliphatic carbocycles. The first-order valence-corrected chi connectivity index (χ1v) is 26.9. The van der Waals surface area contributed by atoms with Crippen LogP contribution in [-0.2, 0) is 32.7 Å². The summed E-state index contributed by atoms with van der Waals surface area (Å²) in [5, 5.41) is 0. The number of allylic oxidation sites excluding steroid dienone is 8. The topological polar surface area (TPSA) is 108 Å². The van der Waals surface area contributed by atoms with E-state index in [9.17, 15) is 19.0 Å². The van der Waals surface area contributed by atoms with Gasteiger partial charge in [-0.25, -0.2) is 4.57 Å². The number of phosphoric acid groups is 1. The van der Waals surface area contributed by atoms with Gasteiger partial charge in [-0.3, -0.25) is 18.6 Å². The average molecular weight is 895 g/mol. The van der Waals surface area contributed by atoms with Gasteiger partial charge in [-0.05, 0) is 51.4 Å². The molecule has 1 N–H and O–H groups in total. The molecule has 0 radical (unpaired) electrons. The third-order valence-corrected chi connectivity index (χ3v) is 11.8. The largest absolute Gasteiger partial charge is 0.472 e. The molecule has 0 spiro atoms. The molecule has 0 saturated heterocycles. The number of quaternary nitrogens is 1. The van der Waals surface area contributed by atoms with Gasteiger partial charge in [-0.2, -0.15) is 0 Å². The van der Waals surface area contributed by atoms with Gasteiger partial charge in [0.05, 0.1) is 27.7 Å². The molecule has 62 heavy (non-hydrogen) atoms. The van der Waals surface area contributed by atoms with E-state index in [0.29, 0.717) is 17.4 Å². The van der Waals surface area contributed by atoms with Crippen LogP contribution in [0.15, 0.2) is 48.6 Å². The zero-order valence-electron chi connectivity index (χ0n) is 40.9. The van der Waals surface area contributed by atoms with Crippen LogP contribution in [0.25, 0.3) is 0 Å². The lowest BCUT2D eigenvalue weighted by Gasteiger charge is -2.24. The SMILES string of the molecule is CCCCC/C=C\C/C=C\C/C=C\C/C=C\CCCC(=O)O[C@H](COC(=O)CCCCCCCCCCCCCCCCCCCCCCC)COP(=O)(O)OCC[N+](C)(C)C. The summed E-state index contributed by atoms with van der Waals surface area (Å²) in [4.78, 5) is 35.5. The van der Waals surface area contributed by atoms with Crippen LogP contribution in [0.5, 0.6) is 0 Å². The maximum atomic E-state index is 12.7. The van der Waals surface area contributed by atoms with Crippen molar-refractivity contribution in [3.63, 3.8) is 0 Å². The van der Waals surface area contributed by atoms with Crippen LogP contribution in [0, 0.1) is 0 Å². The number of phosphoric ester groups is 1. The van der Waals surface area contributed by atoms with Crippen molar-refractivity contribution >= 4 is 19.8 Å². The van der Waals surface area contributed by atoms with Gasteiger partial charge >= 0.3 is 19.8 Å². The predicted octanol–water partition coefficient (Wildman–Crippen LogP) is 15.0. The van der Waals surface area contributed by atoms with E-state index >= 15 is 0 Å². The van der Waals surface area contributed by atoms with Gasteiger partial charge in [-0.15, -0.1) is 0 Å². The molecule has 0 aromatic heterocycles. The van der Waals surface area contributed by atoms with Crippen molar-refractivity contribution in [2.45, 2.75) is 225 Å². The van der Waals surface area contributed by atoms with Gasteiger partial charge in [0, 0.05) is 12.8 Å². The van der Waals surface area contributed by atoms with Gasteiger partial charge in [0.2, 0.25) is 0 Å². The first kappa shape index (κ1) is 60.0. The fourth-order valence-corrected chi connectivity index (χ4v) is 7.63. The number of nitrogens with zero attached hydrogens (tertiary/aromatic N) is 1. The summed E-state index contributed by atoms with van der Waals surface area (Å²) < 4.78 is 34.4. The third-order valence-electron chi connectivity index (χ3n) is 10.9. The molecule has 2 atom stereocenters. The summed E-state index contributed by atoms with van der Waals surface area (Å²) in [7, 11) is 1.45. The molecular weight excluding hydrogens is 798 g/mol. The smallest absolute Gasteiger partial charge is 0.462 e. The summed E-state index contributed by atoms with van der Waals surface area (Å²) in [5.41, 5.74) is 0. The number of carbonyl (C=O) groups is 2. The van der Waals surface area contributed by atoms with Crippen LogP contribution in [0.3, 0.4) is 0 Å². The summed E-state index contributed by atoms with van der Waals surface area (Å²) in [6.07, 6.45) is 53.2. The summed E-state index contributed by atoms with van der Waals surface area (Å²) in [6, 6.07) is 0. The Hall–Kier alpha value is -2.03. The van der Waals surface area contributed by atoms with Crippen molar-refractivity contribution in [3.8, 4) is 0 Å². The first-order valence-electron chi connectivity index (χ1n) is 25.4. The third kappa shape index (κ3) is 47.4. The van der Waals surface area contributed by atoms with Gasteiger partial charge < -0.3 is 18.9 Å². The summed E-state index contributed by atoms with van der Waals surface area (Å²) in [5.74, 6) is -0.857. The Morgan fingerprint density at radius 2 is 0.887 bits per heavy atom. The maximum absolute atomic E-state index is 12.7. The quantitative estimate of drug-likeness (QED) is 0.0212. The molecule has 0 bridgehead atoms. The minimum atomic E-state index is -4.39. The molecule has 9 nitrogen and oxygen atoms in total. The molecule has 0 aromatic rings. The highest BCUT2D eigenvalue weighted by Crippen LogP contribution is 2.43. The van der Waals surface area contributed by atoms with E-state index in [1.807, 2.05) is 21.1 Å². The van der Waals surface area contributed by atoms with Gasteiger partial charge in [0.25, 0.3) is 0 Å². The lowest BCUT2D eigenvalue weighted by molar-refractivity contribution is -0.870. The first-order chi connectivity index (χ1) is 30.0. The minimum Gasteiger partial charge on any atom is -0.462 e. The van der Waals surface area contributed by atoms with E-state index in [1.165, 1.54) is 141 Å². The molecule has 0 aromatic carbocycles. The Balaban J connectivity index is 4.30. The summed E-state index contributed by atoms with van der Waals surface area (Å²) in [6.45, 7) is 4.36. The number of ether oxygens (including phenoxy) is 2. The Morgan fingerprint density at radius 3 is 1.34 bits per heavy atom. The highest BCUT2D eigenvalue weighted by molar-refractivity contribution is 7.47. The van der Waals surface area contributed by atoms with Crippen LogP contribution in [0.4, 0.5) is 0 Å². The molecule has 0 aliphatic heterocycles. The fraction of sp³-hybridized carbons (Fsp3) is 0.808. The molecule has 10 heteroatoms. The number of rotatable bonds is 46. The van der Waals surface area contributed by atoms with Crippen LogP contribution in [0.2, 0.25) is 0 Å². The number of hydrogen-bond donors (Lipinski definition) is 1. The highest BCUT2D eigenvalue weighted by atomic mass is 31.2. The molecule has 0 aliphatic rings. The molecule has 0 rings (SSSR count). The second-order valence-corrected chi connectivity index (χ2v) is 19.7. The van der Waals surface area contributed by atoms with Gasteiger partial charge in [-0.1, -0.05) is 204 Å². The maximum Gasteiger partial charge on any atom is 0.472 e. The van der Waals surface area contributed by atoms with E-state index < -0.39 is 26.5 Å². The van der Waals surface area contributed by atoms with Gasteiger partial charge in [0.1, 0.15) is 19.8 Å². The van der Waals surface area contributed by atoms with Crippen molar-refractivity contribution in [2.24, 2.45) is 0 Å². The van der Waals surface area contributed by atoms with E-state index in [2.05, 4.69) is 62.5 Å². The average Bonchev–Trinajstić information content (AvgIpc) is 3.23. The molecule has 0 amide bonds. The number of hydrogen-bond acceptors (Lipinski definition) is 7. The van der Waals surface area contributed by atoms with Crippen LogP contribution < -0.4 is 0 Å². The van der Waals surface area contributed by atoms with Crippen LogP contribution in [0.1, 0.15) is 219 Å². The summed E-state index contributed by atoms with van der Waals surface area (Å²) >= 11 is 0. The van der Waals surface area contributed by atoms with E-state index in [1.54, 1.807) is 0 Å². The fourth-order valence-electron chi connectivity index (χ4n) is 6.89. The molecule has 0 saturated carbocycles. The van der Waals surface area contributed by atoms with Crippen LogP contribution in [-0.4, -0.2) is 74.9 Å². The Bertz CT molecular complexity index is 1190. The van der Waals surface area contributed by atoms with Crippen molar-refractivity contribution in [2.75, 3.05) is 47.5 Å². The second kappa shape index (κ2) is 44.2. The van der Waals surface area contributed by atoms with Crippen molar-refractivity contribution in [1.29, 1.82) is 0 Å².